The number of hydrogen-bond acceptors (Lipinski definition) is 5. The average molecular weight is 402 g/mol. The zero-order chi connectivity index (χ0) is 18.1. The zero-order valence-electron chi connectivity index (χ0n) is 13.8. The van der Waals surface area contributed by atoms with E-state index in [2.05, 4.69) is 15.4 Å². The topological polar surface area (TPSA) is 68.2 Å². The van der Waals surface area contributed by atoms with Crippen molar-refractivity contribution in [2.45, 2.75) is 39.0 Å². The Kier molecular flexibility index (Phi) is 5.48. The Morgan fingerprint density at radius 3 is 2.84 bits per heavy atom. The average Bonchev–Trinajstić information content (AvgIpc) is 3.15. The van der Waals surface area contributed by atoms with Crippen molar-refractivity contribution in [1.29, 1.82) is 0 Å². The molecule has 9 heteroatoms. The third-order valence-electron chi connectivity index (χ3n) is 4.11. The Balaban J connectivity index is 2.02. The Labute approximate surface area is 159 Å². The maximum atomic E-state index is 13.5. The van der Waals surface area contributed by atoms with E-state index in [0.717, 1.165) is 27.3 Å². The summed E-state index contributed by atoms with van der Waals surface area (Å²) in [7, 11) is 0. The number of thiazole rings is 1. The van der Waals surface area contributed by atoms with Gasteiger partial charge in [-0.05, 0) is 31.4 Å². The molecule has 2 atom stereocenters. The molecule has 0 spiro atoms. The highest BCUT2D eigenvalue weighted by Crippen LogP contribution is 2.33. The number of nitrogens with zero attached hydrogens (tertiary/aromatic N) is 3. The molecule has 0 aliphatic rings. The molecule has 25 heavy (non-hydrogen) atoms. The van der Waals surface area contributed by atoms with Crippen LogP contribution in [0.2, 0.25) is 10.3 Å². The van der Waals surface area contributed by atoms with Gasteiger partial charge in [-0.1, -0.05) is 23.2 Å². The lowest BCUT2D eigenvalue weighted by Crippen LogP contribution is -2.31. The van der Waals surface area contributed by atoms with E-state index in [0.29, 0.717) is 23.3 Å². The second kappa shape index (κ2) is 7.45. The van der Waals surface area contributed by atoms with Crippen molar-refractivity contribution < 1.29 is 4.39 Å². The highest BCUT2D eigenvalue weighted by Gasteiger charge is 2.22. The first-order valence-electron chi connectivity index (χ1n) is 7.76. The first-order chi connectivity index (χ1) is 11.9. The van der Waals surface area contributed by atoms with E-state index in [1.807, 2.05) is 12.3 Å². The van der Waals surface area contributed by atoms with Crippen LogP contribution in [0.3, 0.4) is 0 Å². The van der Waals surface area contributed by atoms with E-state index < -0.39 is 12.2 Å². The normalized spacial score (nSPS) is 14.0. The van der Waals surface area contributed by atoms with Gasteiger partial charge in [-0.25, -0.2) is 13.9 Å². The van der Waals surface area contributed by atoms with Crippen molar-refractivity contribution in [2.24, 2.45) is 5.73 Å². The Hall–Kier alpha value is -1.41. The summed E-state index contributed by atoms with van der Waals surface area (Å²) in [6.45, 7) is 3.93. The van der Waals surface area contributed by atoms with Gasteiger partial charge in [0.2, 0.25) is 0 Å². The summed E-state index contributed by atoms with van der Waals surface area (Å²) in [6, 6.07) is 1.12. The fourth-order valence-corrected chi connectivity index (χ4v) is 3.77. The number of anilines is 1. The summed E-state index contributed by atoms with van der Waals surface area (Å²) < 4.78 is 15.1. The van der Waals surface area contributed by atoms with Crippen molar-refractivity contribution >= 4 is 45.7 Å². The van der Waals surface area contributed by atoms with E-state index in [1.54, 1.807) is 28.1 Å². The van der Waals surface area contributed by atoms with Gasteiger partial charge in [-0.3, -0.25) is 0 Å². The van der Waals surface area contributed by atoms with E-state index in [1.165, 1.54) is 6.92 Å². The van der Waals surface area contributed by atoms with Crippen LogP contribution in [0.15, 0.2) is 17.6 Å². The van der Waals surface area contributed by atoms with Crippen molar-refractivity contribution in [2.75, 3.05) is 5.32 Å². The fraction of sp³-hybridized carbons (Fsp3) is 0.375. The van der Waals surface area contributed by atoms with E-state index >= 15 is 0 Å². The molecule has 0 fully saturated rings. The minimum atomic E-state index is -1.13. The van der Waals surface area contributed by atoms with Crippen LogP contribution in [0.4, 0.5) is 10.1 Å². The minimum Gasteiger partial charge on any atom is -0.377 e. The highest BCUT2D eigenvalue weighted by molar-refractivity contribution is 7.09. The predicted molar refractivity (Wildman–Crippen MR) is 102 cm³/mol. The zero-order valence-corrected chi connectivity index (χ0v) is 16.1. The molecule has 0 aliphatic carbocycles. The summed E-state index contributed by atoms with van der Waals surface area (Å²) >= 11 is 14.2. The third-order valence-corrected chi connectivity index (χ3v) is 5.46. The molecular weight excluding hydrogens is 384 g/mol. The van der Waals surface area contributed by atoms with Crippen LogP contribution in [0, 0.1) is 6.92 Å². The van der Waals surface area contributed by atoms with E-state index in [4.69, 9.17) is 28.9 Å². The number of hydrogen-bond donors (Lipinski definition) is 2. The van der Waals surface area contributed by atoms with Crippen LogP contribution in [0.5, 0.6) is 0 Å². The molecule has 0 amide bonds. The van der Waals surface area contributed by atoms with Gasteiger partial charge >= 0.3 is 0 Å². The number of fused-ring (bicyclic) bond motifs is 1. The van der Waals surface area contributed by atoms with Crippen LogP contribution in [-0.2, 0) is 13.0 Å². The van der Waals surface area contributed by atoms with Gasteiger partial charge in [0.05, 0.1) is 17.7 Å². The number of aryl methyl sites for hydroxylation is 1. The minimum absolute atomic E-state index is 0.306. The second-order valence-corrected chi connectivity index (χ2v) is 7.58. The summed E-state index contributed by atoms with van der Waals surface area (Å²) in [4.78, 5) is 4.25. The van der Waals surface area contributed by atoms with Gasteiger partial charge in [-0.15, -0.1) is 11.3 Å². The monoisotopic (exact) mass is 401 g/mol. The lowest BCUT2D eigenvalue weighted by atomic mass is 10.0. The molecule has 0 unspecified atom stereocenters. The third kappa shape index (κ3) is 3.74. The number of halogens is 3. The van der Waals surface area contributed by atoms with Gasteiger partial charge in [0.25, 0.3) is 0 Å². The lowest BCUT2D eigenvalue weighted by Gasteiger charge is -2.12. The second-order valence-electron chi connectivity index (χ2n) is 5.86. The number of rotatable bonds is 6. The van der Waals surface area contributed by atoms with Gasteiger partial charge < -0.3 is 11.1 Å². The lowest BCUT2D eigenvalue weighted by molar-refractivity contribution is 0.304. The largest absolute Gasteiger partial charge is 0.377 e. The predicted octanol–water partition coefficient (Wildman–Crippen LogP) is 4.25. The van der Waals surface area contributed by atoms with Crippen LogP contribution < -0.4 is 11.1 Å². The van der Waals surface area contributed by atoms with Crippen molar-refractivity contribution in [3.8, 4) is 0 Å². The highest BCUT2D eigenvalue weighted by atomic mass is 35.5. The summed E-state index contributed by atoms with van der Waals surface area (Å²) in [5, 5.41) is 11.2. The van der Waals surface area contributed by atoms with Crippen LogP contribution in [0.1, 0.15) is 23.1 Å². The smallest absolute Gasteiger partial charge is 0.152 e. The number of aromatic nitrogens is 3. The van der Waals surface area contributed by atoms with Crippen molar-refractivity contribution in [3.63, 3.8) is 0 Å². The first-order valence-corrected chi connectivity index (χ1v) is 9.40. The van der Waals surface area contributed by atoms with Gasteiger partial charge in [-0.2, -0.15) is 5.10 Å². The maximum Gasteiger partial charge on any atom is 0.152 e. The molecule has 0 bridgehead atoms. The Bertz CT molecular complexity index is 879. The molecule has 3 heterocycles. The van der Waals surface area contributed by atoms with E-state index in [-0.39, 0.29) is 0 Å². The molecule has 3 aromatic heterocycles. The molecular formula is C16H18Cl2FN5S. The number of alkyl halides is 1. The van der Waals surface area contributed by atoms with Gasteiger partial charge in [0.1, 0.15) is 16.3 Å². The summed E-state index contributed by atoms with van der Waals surface area (Å²) in [5.74, 6) is 0. The molecule has 0 aromatic carbocycles. The molecule has 5 nitrogen and oxygen atoms in total. The van der Waals surface area contributed by atoms with Crippen LogP contribution in [0.25, 0.3) is 5.52 Å². The van der Waals surface area contributed by atoms with Crippen molar-refractivity contribution in [3.05, 3.63) is 44.1 Å². The number of nitrogens with two attached hydrogens (primary N) is 1. The number of nitrogens with one attached hydrogen (secondary N) is 1. The summed E-state index contributed by atoms with van der Waals surface area (Å²) in [5.41, 5.74) is 9.18. The standard InChI is InChI=1S/C16H18Cl2FN5S/c1-8-10(5-11(20)9(2)19)16(18)24-15(8)12(6-13(17)23-24)22-7-14-21-3-4-25-14/h3-4,6,9,11,22H,5,7,20H2,1-2H3/t9-,11+/m0/s1. The SMILES string of the molecule is Cc1c(C[C@@H](N)[C@H](C)F)c(Cl)n2nc(Cl)cc(NCc3nccs3)c12. The molecule has 3 rings (SSSR count). The van der Waals surface area contributed by atoms with Crippen LogP contribution >= 0.6 is 34.5 Å². The van der Waals surface area contributed by atoms with Crippen LogP contribution in [-0.4, -0.2) is 26.8 Å². The molecule has 134 valence electrons. The van der Waals surface area contributed by atoms with Crippen molar-refractivity contribution in [1.82, 2.24) is 14.6 Å². The molecule has 3 N–H and O–H groups in total. The quantitative estimate of drug-likeness (QED) is 0.647. The fourth-order valence-electron chi connectivity index (χ4n) is 2.69. The molecule has 0 saturated heterocycles. The molecule has 0 radical (unpaired) electrons. The van der Waals surface area contributed by atoms with Gasteiger partial charge in [0.15, 0.2) is 5.15 Å². The Morgan fingerprint density at radius 1 is 1.44 bits per heavy atom. The summed E-state index contributed by atoms with van der Waals surface area (Å²) in [6.07, 6.45) is 0.959. The molecule has 0 aliphatic heterocycles. The first kappa shape index (κ1) is 18.4. The van der Waals surface area contributed by atoms with Gasteiger partial charge in [0, 0.05) is 23.7 Å². The molecule has 0 saturated carbocycles. The Morgan fingerprint density at radius 2 is 2.20 bits per heavy atom. The molecule has 3 aromatic rings. The van der Waals surface area contributed by atoms with E-state index in [9.17, 15) is 4.39 Å². The maximum absolute atomic E-state index is 13.5.